The highest BCUT2D eigenvalue weighted by Crippen LogP contribution is 2.42. The summed E-state index contributed by atoms with van der Waals surface area (Å²) in [5, 5.41) is 18.2. The number of H-pyrrole nitrogens is 1. The Morgan fingerprint density at radius 2 is 2.17 bits per heavy atom. The van der Waals surface area contributed by atoms with Gasteiger partial charge in [0.15, 0.2) is 5.82 Å². The van der Waals surface area contributed by atoms with Crippen molar-refractivity contribution in [1.29, 1.82) is 0 Å². The zero-order valence-electron chi connectivity index (χ0n) is 14.1. The van der Waals surface area contributed by atoms with Gasteiger partial charge in [-0.2, -0.15) is 5.21 Å². The van der Waals surface area contributed by atoms with E-state index in [0.717, 1.165) is 37.1 Å². The molecule has 8 heteroatoms. The molecule has 2 aromatic heterocycles. The first-order valence-corrected chi connectivity index (χ1v) is 9.30. The van der Waals surface area contributed by atoms with E-state index in [1.54, 1.807) is 11.3 Å². The van der Waals surface area contributed by atoms with Gasteiger partial charge in [-0.05, 0) is 37.5 Å². The number of nitrogens with zero attached hydrogens (tertiary/aromatic N) is 4. The average Bonchev–Trinajstić information content (AvgIpc) is 3.12. The molecule has 2 aromatic rings. The van der Waals surface area contributed by atoms with Crippen LogP contribution in [-0.4, -0.2) is 31.5 Å². The molecule has 128 valence electrons. The van der Waals surface area contributed by atoms with E-state index in [1.165, 1.54) is 17.0 Å². The van der Waals surface area contributed by atoms with E-state index in [0.29, 0.717) is 17.8 Å². The van der Waals surface area contributed by atoms with Gasteiger partial charge in [-0.1, -0.05) is 25.5 Å². The summed E-state index contributed by atoms with van der Waals surface area (Å²) in [5.74, 6) is 0.495. The Bertz CT molecular complexity index is 747. The highest BCUT2D eigenvalue weighted by Gasteiger charge is 2.49. The molecule has 1 saturated carbocycles. The molecule has 0 atom stereocenters. The molecule has 0 spiro atoms. The van der Waals surface area contributed by atoms with Crippen LogP contribution in [0.1, 0.15) is 60.9 Å². The molecule has 0 aliphatic heterocycles. The topological polar surface area (TPSA) is 96.5 Å². The summed E-state index contributed by atoms with van der Waals surface area (Å²) in [6, 6.07) is 0. The van der Waals surface area contributed by atoms with Gasteiger partial charge in [0.2, 0.25) is 5.91 Å². The predicted molar refractivity (Wildman–Crippen MR) is 89.5 cm³/mol. The van der Waals surface area contributed by atoms with Crippen molar-refractivity contribution in [2.24, 2.45) is 5.41 Å². The molecule has 2 N–H and O–H groups in total. The highest BCUT2D eigenvalue weighted by molar-refractivity contribution is 7.11. The maximum absolute atomic E-state index is 12.7. The molecule has 0 bridgehead atoms. The van der Waals surface area contributed by atoms with Crippen LogP contribution in [0.25, 0.3) is 0 Å². The molecule has 2 aliphatic carbocycles. The number of rotatable bonds is 4. The van der Waals surface area contributed by atoms with Crippen LogP contribution in [0.15, 0.2) is 0 Å². The third-order valence-electron chi connectivity index (χ3n) is 5.32. The van der Waals surface area contributed by atoms with Crippen LogP contribution in [0.4, 0.5) is 0 Å². The number of hydrogen-bond acceptors (Lipinski definition) is 6. The molecule has 24 heavy (non-hydrogen) atoms. The Balaban J connectivity index is 1.44. The Morgan fingerprint density at radius 1 is 1.33 bits per heavy atom. The normalized spacial score (nSPS) is 20.9. The van der Waals surface area contributed by atoms with Crippen molar-refractivity contribution in [2.75, 3.05) is 0 Å². The van der Waals surface area contributed by atoms with Crippen LogP contribution in [0, 0.1) is 5.41 Å². The number of aryl methyl sites for hydroxylation is 1. The van der Waals surface area contributed by atoms with Crippen LogP contribution < -0.4 is 5.32 Å². The van der Waals surface area contributed by atoms with Crippen molar-refractivity contribution in [3.63, 3.8) is 0 Å². The minimum atomic E-state index is -0.605. The summed E-state index contributed by atoms with van der Waals surface area (Å²) in [7, 11) is 0. The molecule has 2 aliphatic rings. The van der Waals surface area contributed by atoms with Gasteiger partial charge in [0.1, 0.15) is 10.4 Å². The van der Waals surface area contributed by atoms with Gasteiger partial charge in [-0.3, -0.25) is 4.79 Å². The van der Waals surface area contributed by atoms with Crippen molar-refractivity contribution < 1.29 is 4.79 Å². The monoisotopic (exact) mass is 346 g/mol. The van der Waals surface area contributed by atoms with Crippen LogP contribution in [0.5, 0.6) is 0 Å². The zero-order valence-corrected chi connectivity index (χ0v) is 14.9. The smallest absolute Gasteiger partial charge is 0.234 e. The summed E-state index contributed by atoms with van der Waals surface area (Å²) in [6.45, 7) is 5.10. The molecule has 1 amide bonds. The number of fused-ring (bicyclic) bond motifs is 1. The second kappa shape index (κ2) is 5.61. The molecule has 7 nitrogen and oxygen atoms in total. The van der Waals surface area contributed by atoms with Crippen LogP contribution >= 0.6 is 11.3 Å². The Labute approximate surface area is 144 Å². The van der Waals surface area contributed by atoms with Crippen molar-refractivity contribution in [3.8, 4) is 0 Å². The maximum Gasteiger partial charge on any atom is 0.234 e. The van der Waals surface area contributed by atoms with E-state index >= 15 is 0 Å². The first-order chi connectivity index (χ1) is 11.5. The van der Waals surface area contributed by atoms with Crippen LogP contribution in [0.3, 0.4) is 0 Å². The maximum atomic E-state index is 12.7. The molecular formula is C16H22N6OS. The van der Waals surface area contributed by atoms with E-state index in [9.17, 15) is 4.79 Å². The van der Waals surface area contributed by atoms with Crippen molar-refractivity contribution >= 4 is 17.2 Å². The molecule has 0 unspecified atom stereocenters. The lowest BCUT2D eigenvalue weighted by atomic mass is 9.67. The summed E-state index contributed by atoms with van der Waals surface area (Å²) >= 11 is 1.74. The number of nitrogens with one attached hydrogen (secondary N) is 2. The van der Waals surface area contributed by atoms with Gasteiger partial charge in [-0.25, -0.2) is 4.98 Å². The van der Waals surface area contributed by atoms with Gasteiger partial charge in [0.25, 0.3) is 0 Å². The number of carbonyl (C=O) groups is 1. The Kier molecular flexibility index (Phi) is 3.67. The number of thiazole rings is 1. The van der Waals surface area contributed by atoms with Crippen LogP contribution in [0.2, 0.25) is 0 Å². The first-order valence-electron chi connectivity index (χ1n) is 8.48. The molecule has 0 radical (unpaired) electrons. The fraction of sp³-hybridized carbons (Fsp3) is 0.688. The van der Waals surface area contributed by atoms with Crippen molar-refractivity contribution in [2.45, 2.75) is 64.3 Å². The minimum Gasteiger partial charge on any atom is -0.349 e. The first kappa shape index (κ1) is 15.7. The second-order valence-electron chi connectivity index (χ2n) is 7.67. The van der Waals surface area contributed by atoms with E-state index in [1.807, 2.05) is 0 Å². The molecule has 2 heterocycles. The van der Waals surface area contributed by atoms with E-state index in [4.69, 9.17) is 4.98 Å². The Hall–Kier alpha value is -1.83. The zero-order chi connectivity index (χ0) is 16.8. The predicted octanol–water partition coefficient (Wildman–Crippen LogP) is 1.91. The lowest BCUT2D eigenvalue weighted by Crippen LogP contribution is -2.49. The average molecular weight is 346 g/mol. The number of hydrogen-bond donors (Lipinski definition) is 2. The lowest BCUT2D eigenvalue weighted by molar-refractivity contribution is -0.130. The van der Waals surface area contributed by atoms with Gasteiger partial charge in [0.05, 0.1) is 12.2 Å². The number of amides is 1. The van der Waals surface area contributed by atoms with Crippen LogP contribution in [-0.2, 0) is 29.6 Å². The quantitative estimate of drug-likeness (QED) is 0.881. The highest BCUT2D eigenvalue weighted by atomic mass is 32.1. The SMILES string of the molecule is CC1(C)CCc2nc(CNC(=O)C3(c4nn[nH]n4)CCC3)sc2C1. The third kappa shape index (κ3) is 2.62. The Morgan fingerprint density at radius 3 is 2.83 bits per heavy atom. The standard InChI is InChI=1S/C16H22N6OS/c1-15(2)7-4-10-11(8-15)24-12(18-10)9-17-14(23)16(5-3-6-16)13-19-21-22-20-13/h3-9H2,1-2H3,(H,17,23)(H,19,20,21,22). The van der Waals surface area contributed by atoms with E-state index in [-0.39, 0.29) is 5.91 Å². The number of aromatic nitrogens is 5. The lowest BCUT2D eigenvalue weighted by Gasteiger charge is -2.36. The summed E-state index contributed by atoms with van der Waals surface area (Å²) in [5.41, 5.74) is 0.973. The fourth-order valence-electron chi connectivity index (χ4n) is 3.60. The van der Waals surface area contributed by atoms with Gasteiger partial charge in [0, 0.05) is 4.88 Å². The third-order valence-corrected chi connectivity index (χ3v) is 6.41. The number of tetrazole rings is 1. The summed E-state index contributed by atoms with van der Waals surface area (Å²) in [4.78, 5) is 18.8. The number of carbonyl (C=O) groups excluding carboxylic acids is 1. The summed E-state index contributed by atoms with van der Waals surface area (Å²) in [6.07, 6.45) is 5.88. The molecular weight excluding hydrogens is 324 g/mol. The molecule has 1 fully saturated rings. The second-order valence-corrected chi connectivity index (χ2v) is 8.84. The van der Waals surface area contributed by atoms with E-state index in [2.05, 4.69) is 39.8 Å². The van der Waals surface area contributed by atoms with Gasteiger partial charge < -0.3 is 5.32 Å². The molecule has 0 aromatic carbocycles. The van der Waals surface area contributed by atoms with Gasteiger partial charge >= 0.3 is 0 Å². The molecule has 4 rings (SSSR count). The molecule has 0 saturated heterocycles. The summed E-state index contributed by atoms with van der Waals surface area (Å²) < 4.78 is 0. The largest absolute Gasteiger partial charge is 0.349 e. The fourth-order valence-corrected chi connectivity index (χ4v) is 4.91. The van der Waals surface area contributed by atoms with Gasteiger partial charge in [-0.15, -0.1) is 21.5 Å². The number of aromatic amines is 1. The van der Waals surface area contributed by atoms with Crippen molar-refractivity contribution in [3.05, 3.63) is 21.4 Å². The minimum absolute atomic E-state index is 0.0105. The van der Waals surface area contributed by atoms with Crippen molar-refractivity contribution in [1.82, 2.24) is 30.9 Å². The van der Waals surface area contributed by atoms with E-state index < -0.39 is 5.41 Å².